The molecule has 3 heteroatoms. The highest BCUT2D eigenvalue weighted by molar-refractivity contribution is 4.93. The first-order valence-corrected chi connectivity index (χ1v) is 9.38. The Labute approximate surface area is 132 Å². The summed E-state index contributed by atoms with van der Waals surface area (Å²) in [7, 11) is 2.34. The summed E-state index contributed by atoms with van der Waals surface area (Å²) in [6.07, 6.45) is 8.11. The molecule has 21 heavy (non-hydrogen) atoms. The minimum atomic E-state index is 0.683. The van der Waals surface area contributed by atoms with Crippen LogP contribution in [0.1, 0.15) is 59.3 Å². The van der Waals surface area contributed by atoms with Gasteiger partial charge in [0.25, 0.3) is 0 Å². The quantitative estimate of drug-likeness (QED) is 0.779. The van der Waals surface area contributed by atoms with Crippen molar-refractivity contribution in [2.75, 3.05) is 33.2 Å². The lowest BCUT2D eigenvalue weighted by molar-refractivity contribution is 0.0103. The van der Waals surface area contributed by atoms with Crippen molar-refractivity contribution in [2.45, 2.75) is 77.4 Å². The van der Waals surface area contributed by atoms with Crippen LogP contribution in [0.15, 0.2) is 0 Å². The Bertz CT molecular complexity index is 288. The Balaban J connectivity index is 1.98. The average Bonchev–Trinajstić information content (AvgIpc) is 2.49. The highest BCUT2D eigenvalue weighted by Crippen LogP contribution is 2.31. The van der Waals surface area contributed by atoms with Gasteiger partial charge in [-0.1, -0.05) is 27.2 Å². The summed E-state index contributed by atoms with van der Waals surface area (Å²) in [6.45, 7) is 12.0. The molecule has 0 radical (unpaired) electrons. The van der Waals surface area contributed by atoms with Gasteiger partial charge in [-0.25, -0.2) is 0 Å². The molecule has 4 unspecified atom stereocenters. The number of hydrogen-bond acceptors (Lipinski definition) is 3. The zero-order valence-electron chi connectivity index (χ0n) is 14.8. The fourth-order valence-electron chi connectivity index (χ4n) is 4.78. The fraction of sp³-hybridized carbons (Fsp3) is 1.00. The van der Waals surface area contributed by atoms with E-state index in [-0.39, 0.29) is 0 Å². The van der Waals surface area contributed by atoms with Crippen molar-refractivity contribution in [1.29, 1.82) is 0 Å². The van der Waals surface area contributed by atoms with Crippen LogP contribution in [-0.2, 0) is 0 Å². The molecule has 0 amide bonds. The van der Waals surface area contributed by atoms with Gasteiger partial charge in [0.05, 0.1) is 0 Å². The van der Waals surface area contributed by atoms with Gasteiger partial charge in [0, 0.05) is 31.2 Å². The van der Waals surface area contributed by atoms with Crippen molar-refractivity contribution in [3.05, 3.63) is 0 Å². The zero-order valence-corrected chi connectivity index (χ0v) is 14.8. The number of likely N-dealkylation sites (tertiary alicyclic amines) is 2. The van der Waals surface area contributed by atoms with Crippen LogP contribution in [0.4, 0.5) is 0 Å². The van der Waals surface area contributed by atoms with Crippen molar-refractivity contribution in [1.82, 2.24) is 15.1 Å². The van der Waals surface area contributed by atoms with Crippen molar-refractivity contribution < 1.29 is 0 Å². The number of nitrogens with zero attached hydrogens (tertiary/aromatic N) is 2. The Kier molecular flexibility index (Phi) is 6.97. The third-order valence-electron chi connectivity index (χ3n) is 5.79. The monoisotopic (exact) mass is 295 g/mol. The second-order valence-electron chi connectivity index (χ2n) is 7.16. The van der Waals surface area contributed by atoms with Gasteiger partial charge in [0.2, 0.25) is 0 Å². The first-order chi connectivity index (χ1) is 10.2. The van der Waals surface area contributed by atoms with Crippen molar-refractivity contribution in [2.24, 2.45) is 5.92 Å². The minimum absolute atomic E-state index is 0.683. The average molecular weight is 296 g/mol. The molecule has 0 saturated carbocycles. The topological polar surface area (TPSA) is 18.5 Å². The Morgan fingerprint density at radius 2 is 1.95 bits per heavy atom. The molecule has 0 spiro atoms. The lowest BCUT2D eigenvalue weighted by Gasteiger charge is -2.49. The fourth-order valence-corrected chi connectivity index (χ4v) is 4.78. The van der Waals surface area contributed by atoms with E-state index in [2.05, 4.69) is 42.9 Å². The van der Waals surface area contributed by atoms with E-state index in [0.29, 0.717) is 6.04 Å². The van der Waals surface area contributed by atoms with E-state index in [1.54, 1.807) is 0 Å². The van der Waals surface area contributed by atoms with Crippen LogP contribution >= 0.6 is 0 Å². The van der Waals surface area contributed by atoms with Crippen molar-refractivity contribution in [3.63, 3.8) is 0 Å². The van der Waals surface area contributed by atoms with Gasteiger partial charge in [-0.15, -0.1) is 0 Å². The third kappa shape index (κ3) is 4.20. The van der Waals surface area contributed by atoms with Gasteiger partial charge >= 0.3 is 0 Å². The summed E-state index contributed by atoms with van der Waals surface area (Å²) in [5.74, 6) is 0.912. The van der Waals surface area contributed by atoms with Gasteiger partial charge in [-0.3, -0.25) is 4.90 Å². The van der Waals surface area contributed by atoms with Gasteiger partial charge in [-0.2, -0.15) is 0 Å². The van der Waals surface area contributed by atoms with E-state index < -0.39 is 0 Å². The smallest absolute Gasteiger partial charge is 0.0246 e. The predicted molar refractivity (Wildman–Crippen MR) is 91.8 cm³/mol. The SMILES string of the molecule is CCCC(NCC)C(CC)N1CCC2C(CCCN2C)C1. The summed E-state index contributed by atoms with van der Waals surface area (Å²) in [5, 5.41) is 3.76. The second kappa shape index (κ2) is 8.50. The van der Waals surface area contributed by atoms with E-state index in [1.807, 2.05) is 0 Å². The van der Waals surface area contributed by atoms with E-state index in [4.69, 9.17) is 0 Å². The van der Waals surface area contributed by atoms with Gasteiger partial charge in [0.1, 0.15) is 0 Å². The lowest BCUT2D eigenvalue weighted by Crippen LogP contribution is -2.58. The Hall–Kier alpha value is -0.120. The molecule has 2 rings (SSSR count). The van der Waals surface area contributed by atoms with Crippen LogP contribution in [0, 0.1) is 5.92 Å². The van der Waals surface area contributed by atoms with E-state index in [9.17, 15) is 0 Å². The van der Waals surface area contributed by atoms with E-state index in [1.165, 1.54) is 58.2 Å². The summed E-state index contributed by atoms with van der Waals surface area (Å²) < 4.78 is 0. The standard InChI is InChI=1S/C18H37N3/c1-5-9-16(19-7-3)17(6-2)21-13-11-18-15(14-21)10-8-12-20(18)4/h15-19H,5-14H2,1-4H3. The number of hydrogen-bond donors (Lipinski definition) is 1. The first-order valence-electron chi connectivity index (χ1n) is 9.38. The molecule has 2 aliphatic heterocycles. The molecule has 0 aromatic heterocycles. The second-order valence-corrected chi connectivity index (χ2v) is 7.16. The highest BCUT2D eigenvalue weighted by atomic mass is 15.2. The number of likely N-dealkylation sites (N-methyl/N-ethyl adjacent to an activating group) is 1. The number of piperidine rings is 2. The third-order valence-corrected chi connectivity index (χ3v) is 5.79. The van der Waals surface area contributed by atoms with Gasteiger partial charge in [0.15, 0.2) is 0 Å². The van der Waals surface area contributed by atoms with Gasteiger partial charge in [-0.05, 0) is 58.2 Å². The summed E-state index contributed by atoms with van der Waals surface area (Å²) in [5.41, 5.74) is 0. The van der Waals surface area contributed by atoms with Crippen LogP contribution in [0.5, 0.6) is 0 Å². The van der Waals surface area contributed by atoms with Crippen LogP contribution in [0.3, 0.4) is 0 Å². The van der Waals surface area contributed by atoms with Crippen molar-refractivity contribution in [3.8, 4) is 0 Å². The van der Waals surface area contributed by atoms with Crippen LogP contribution in [-0.4, -0.2) is 61.2 Å². The first kappa shape index (κ1) is 17.2. The molecule has 2 aliphatic rings. The van der Waals surface area contributed by atoms with E-state index >= 15 is 0 Å². The molecule has 0 aliphatic carbocycles. The summed E-state index contributed by atoms with van der Waals surface area (Å²) in [6, 6.07) is 2.28. The molecule has 124 valence electrons. The molecule has 0 aromatic carbocycles. The molecular formula is C18H37N3. The zero-order chi connectivity index (χ0) is 15.2. The normalized spacial score (nSPS) is 30.9. The molecule has 2 heterocycles. The largest absolute Gasteiger partial charge is 0.313 e. The molecule has 1 N–H and O–H groups in total. The van der Waals surface area contributed by atoms with Gasteiger partial charge < -0.3 is 10.2 Å². The van der Waals surface area contributed by atoms with Crippen molar-refractivity contribution >= 4 is 0 Å². The minimum Gasteiger partial charge on any atom is -0.313 e. The molecule has 0 bridgehead atoms. The van der Waals surface area contributed by atoms with Crippen LogP contribution < -0.4 is 5.32 Å². The maximum Gasteiger partial charge on any atom is 0.0246 e. The Morgan fingerprint density at radius 3 is 2.62 bits per heavy atom. The molecule has 2 saturated heterocycles. The van der Waals surface area contributed by atoms with Crippen LogP contribution in [0.2, 0.25) is 0 Å². The van der Waals surface area contributed by atoms with E-state index in [0.717, 1.165) is 24.5 Å². The van der Waals surface area contributed by atoms with Crippen LogP contribution in [0.25, 0.3) is 0 Å². The lowest BCUT2D eigenvalue weighted by atomic mass is 9.82. The molecule has 4 atom stereocenters. The molecule has 0 aromatic rings. The number of nitrogens with one attached hydrogen (secondary N) is 1. The Morgan fingerprint density at radius 1 is 1.14 bits per heavy atom. The summed E-state index contributed by atoms with van der Waals surface area (Å²) >= 11 is 0. The molecule has 3 nitrogen and oxygen atoms in total. The predicted octanol–water partition coefficient (Wildman–Crippen LogP) is 2.96. The number of rotatable bonds is 7. The maximum absolute atomic E-state index is 3.76. The summed E-state index contributed by atoms with van der Waals surface area (Å²) in [4.78, 5) is 5.45. The number of fused-ring (bicyclic) bond motifs is 1. The highest BCUT2D eigenvalue weighted by Gasteiger charge is 2.37. The maximum atomic E-state index is 3.76. The molecule has 2 fully saturated rings. The molecular weight excluding hydrogens is 258 g/mol.